The third kappa shape index (κ3) is 4.34. The van der Waals surface area contributed by atoms with Crippen LogP contribution >= 0.6 is 0 Å². The number of nitrogens with zero attached hydrogens (tertiary/aromatic N) is 1. The van der Waals surface area contributed by atoms with Crippen LogP contribution in [0.1, 0.15) is 33.1 Å². The molecule has 0 spiro atoms. The molecular formula is C12H23N3O2. The summed E-state index contributed by atoms with van der Waals surface area (Å²) in [6.07, 6.45) is 3.45. The van der Waals surface area contributed by atoms with Crippen LogP contribution in [0.2, 0.25) is 0 Å². The van der Waals surface area contributed by atoms with Crippen LogP contribution in [0.5, 0.6) is 0 Å². The molecule has 2 N–H and O–H groups in total. The Kier molecular flexibility index (Phi) is 5.41. The van der Waals surface area contributed by atoms with Gasteiger partial charge in [-0.1, -0.05) is 6.42 Å². The maximum atomic E-state index is 11.7. The summed E-state index contributed by atoms with van der Waals surface area (Å²) in [6, 6.07) is 0.353. The second-order valence-corrected chi connectivity index (χ2v) is 4.87. The molecule has 0 aromatic rings. The van der Waals surface area contributed by atoms with Gasteiger partial charge in [-0.2, -0.15) is 0 Å². The van der Waals surface area contributed by atoms with Crippen LogP contribution in [0.25, 0.3) is 0 Å². The van der Waals surface area contributed by atoms with Gasteiger partial charge in [-0.25, -0.2) is 0 Å². The average molecular weight is 241 g/mol. The van der Waals surface area contributed by atoms with Crippen molar-refractivity contribution in [3.05, 3.63) is 0 Å². The topological polar surface area (TPSA) is 61.4 Å². The molecule has 1 heterocycles. The first-order chi connectivity index (χ1) is 8.02. The van der Waals surface area contributed by atoms with E-state index in [-0.39, 0.29) is 6.04 Å². The SMILES string of the molecule is CC(C)N(C)C(=O)C(=O)NCC1CCCCN1. The smallest absolute Gasteiger partial charge is 0.311 e. The molecule has 1 aliphatic rings. The van der Waals surface area contributed by atoms with Crippen molar-refractivity contribution < 1.29 is 9.59 Å². The summed E-state index contributed by atoms with van der Waals surface area (Å²) < 4.78 is 0. The van der Waals surface area contributed by atoms with Gasteiger partial charge in [0.2, 0.25) is 0 Å². The lowest BCUT2D eigenvalue weighted by molar-refractivity contribution is -0.146. The van der Waals surface area contributed by atoms with Gasteiger partial charge >= 0.3 is 11.8 Å². The minimum atomic E-state index is -0.506. The zero-order valence-electron chi connectivity index (χ0n) is 11.0. The Bertz CT molecular complexity index is 273. The van der Waals surface area contributed by atoms with Crippen LogP contribution in [0.3, 0.4) is 0 Å². The van der Waals surface area contributed by atoms with E-state index < -0.39 is 11.8 Å². The lowest BCUT2D eigenvalue weighted by Crippen LogP contribution is -2.48. The van der Waals surface area contributed by atoms with E-state index in [1.165, 1.54) is 17.7 Å². The summed E-state index contributed by atoms with van der Waals surface area (Å²) in [4.78, 5) is 24.7. The minimum absolute atomic E-state index is 0.0426. The van der Waals surface area contributed by atoms with Crippen LogP contribution in [0.15, 0.2) is 0 Å². The molecule has 1 rings (SSSR count). The van der Waals surface area contributed by atoms with E-state index in [9.17, 15) is 9.59 Å². The Morgan fingerprint density at radius 1 is 1.41 bits per heavy atom. The number of carbonyl (C=O) groups is 2. The van der Waals surface area contributed by atoms with Gasteiger partial charge in [-0.3, -0.25) is 9.59 Å². The van der Waals surface area contributed by atoms with Crippen LogP contribution < -0.4 is 10.6 Å². The molecule has 1 saturated heterocycles. The van der Waals surface area contributed by atoms with Crippen LogP contribution in [0.4, 0.5) is 0 Å². The standard InChI is InChI=1S/C12H23N3O2/c1-9(2)15(3)12(17)11(16)14-8-10-6-4-5-7-13-10/h9-10,13H,4-8H2,1-3H3,(H,14,16). The largest absolute Gasteiger partial charge is 0.346 e. The number of carbonyl (C=O) groups excluding carboxylic acids is 2. The Balaban J connectivity index is 2.30. The summed E-state index contributed by atoms with van der Waals surface area (Å²) in [6.45, 7) is 5.30. The van der Waals surface area contributed by atoms with Gasteiger partial charge in [-0.15, -0.1) is 0 Å². The van der Waals surface area contributed by atoms with Crippen molar-refractivity contribution in [2.75, 3.05) is 20.1 Å². The number of rotatable bonds is 3. The molecule has 0 radical (unpaired) electrons. The maximum Gasteiger partial charge on any atom is 0.311 e. The molecule has 5 heteroatoms. The molecular weight excluding hydrogens is 218 g/mol. The fourth-order valence-electron chi connectivity index (χ4n) is 1.78. The average Bonchev–Trinajstić information content (AvgIpc) is 2.35. The van der Waals surface area contributed by atoms with Crippen molar-refractivity contribution in [2.24, 2.45) is 0 Å². The van der Waals surface area contributed by atoms with E-state index in [4.69, 9.17) is 0 Å². The summed E-state index contributed by atoms with van der Waals surface area (Å²) in [7, 11) is 1.64. The summed E-state index contributed by atoms with van der Waals surface area (Å²) in [5, 5.41) is 6.02. The third-order valence-electron chi connectivity index (χ3n) is 3.21. The zero-order valence-corrected chi connectivity index (χ0v) is 11.0. The molecule has 5 nitrogen and oxygen atoms in total. The second-order valence-electron chi connectivity index (χ2n) is 4.87. The predicted molar refractivity (Wildman–Crippen MR) is 66.6 cm³/mol. The van der Waals surface area contributed by atoms with Crippen molar-refractivity contribution in [1.82, 2.24) is 15.5 Å². The van der Waals surface area contributed by atoms with Gasteiger partial charge in [0.05, 0.1) is 0 Å². The van der Waals surface area contributed by atoms with E-state index in [0.29, 0.717) is 12.6 Å². The highest BCUT2D eigenvalue weighted by Gasteiger charge is 2.21. The Morgan fingerprint density at radius 3 is 2.65 bits per heavy atom. The molecule has 0 bridgehead atoms. The van der Waals surface area contributed by atoms with Crippen molar-refractivity contribution in [1.29, 1.82) is 0 Å². The first kappa shape index (κ1) is 14.0. The summed E-state index contributed by atoms with van der Waals surface area (Å²) >= 11 is 0. The molecule has 1 aliphatic heterocycles. The Morgan fingerprint density at radius 2 is 2.12 bits per heavy atom. The van der Waals surface area contributed by atoms with Gasteiger partial charge in [-0.05, 0) is 33.2 Å². The number of hydrogen-bond acceptors (Lipinski definition) is 3. The van der Waals surface area contributed by atoms with E-state index in [1.807, 2.05) is 13.8 Å². The number of likely N-dealkylation sites (N-methyl/N-ethyl adjacent to an activating group) is 1. The summed E-state index contributed by atoms with van der Waals surface area (Å²) in [5.41, 5.74) is 0. The third-order valence-corrected chi connectivity index (χ3v) is 3.21. The molecule has 0 aromatic heterocycles. The van der Waals surface area contributed by atoms with E-state index in [2.05, 4.69) is 10.6 Å². The number of amides is 2. The lowest BCUT2D eigenvalue weighted by Gasteiger charge is -2.25. The van der Waals surface area contributed by atoms with Gasteiger partial charge < -0.3 is 15.5 Å². The highest BCUT2D eigenvalue weighted by atomic mass is 16.2. The highest BCUT2D eigenvalue weighted by Crippen LogP contribution is 2.05. The molecule has 17 heavy (non-hydrogen) atoms. The number of hydrogen-bond donors (Lipinski definition) is 2. The number of nitrogens with one attached hydrogen (secondary N) is 2. The molecule has 0 aromatic carbocycles. The Hall–Kier alpha value is -1.10. The fourth-order valence-corrected chi connectivity index (χ4v) is 1.78. The van der Waals surface area contributed by atoms with Crippen LogP contribution in [-0.4, -0.2) is 48.9 Å². The van der Waals surface area contributed by atoms with Gasteiger partial charge in [0.1, 0.15) is 0 Å². The maximum absolute atomic E-state index is 11.7. The summed E-state index contributed by atoms with van der Waals surface area (Å²) in [5.74, 6) is -0.968. The van der Waals surface area contributed by atoms with Crippen molar-refractivity contribution in [2.45, 2.75) is 45.2 Å². The van der Waals surface area contributed by atoms with E-state index >= 15 is 0 Å². The van der Waals surface area contributed by atoms with Crippen molar-refractivity contribution >= 4 is 11.8 Å². The molecule has 98 valence electrons. The Labute approximate surface area is 103 Å². The zero-order chi connectivity index (χ0) is 12.8. The van der Waals surface area contributed by atoms with E-state index in [0.717, 1.165) is 13.0 Å². The first-order valence-corrected chi connectivity index (χ1v) is 6.30. The highest BCUT2D eigenvalue weighted by molar-refractivity contribution is 6.35. The van der Waals surface area contributed by atoms with Crippen LogP contribution in [0, 0.1) is 0 Å². The molecule has 2 amide bonds. The quantitative estimate of drug-likeness (QED) is 0.690. The molecule has 1 fully saturated rings. The molecule has 1 atom stereocenters. The molecule has 1 unspecified atom stereocenters. The normalized spacial score (nSPS) is 20.1. The lowest BCUT2D eigenvalue weighted by atomic mass is 10.1. The second kappa shape index (κ2) is 6.59. The van der Waals surface area contributed by atoms with E-state index in [1.54, 1.807) is 7.05 Å². The van der Waals surface area contributed by atoms with Crippen molar-refractivity contribution in [3.63, 3.8) is 0 Å². The fraction of sp³-hybridized carbons (Fsp3) is 0.833. The van der Waals surface area contributed by atoms with Gasteiger partial charge in [0, 0.05) is 25.7 Å². The number of piperidine rings is 1. The van der Waals surface area contributed by atoms with Gasteiger partial charge in [0.15, 0.2) is 0 Å². The monoisotopic (exact) mass is 241 g/mol. The van der Waals surface area contributed by atoms with Gasteiger partial charge in [0.25, 0.3) is 0 Å². The minimum Gasteiger partial charge on any atom is -0.346 e. The molecule has 0 aliphatic carbocycles. The molecule has 0 saturated carbocycles. The predicted octanol–water partition coefficient (Wildman–Crippen LogP) is 0.112. The first-order valence-electron chi connectivity index (χ1n) is 6.30. The van der Waals surface area contributed by atoms with Crippen LogP contribution in [-0.2, 0) is 9.59 Å². The van der Waals surface area contributed by atoms with Crippen molar-refractivity contribution in [3.8, 4) is 0 Å².